The van der Waals surface area contributed by atoms with Crippen LogP contribution in [0.4, 0.5) is 5.69 Å². The molecular weight excluding hydrogens is 250 g/mol. The normalized spacial score (nSPS) is 13.6. The highest BCUT2D eigenvalue weighted by atomic mass is 16.1. The molecule has 4 heteroatoms. The first-order valence-electron chi connectivity index (χ1n) is 6.61. The standard InChI is InChI=1S/C16H19N3O/c1-11-10-18-9-8-14(11)19-16(20)12(2)15(17)13-6-4-3-5-7-13/h3-10,12,15H,17H2,1-2H3,(H,18,19,20). The second-order valence-corrected chi connectivity index (χ2v) is 4.90. The van der Waals surface area contributed by atoms with Crippen molar-refractivity contribution in [2.45, 2.75) is 19.9 Å². The third-order valence-electron chi connectivity index (χ3n) is 3.41. The third kappa shape index (κ3) is 3.22. The molecule has 2 unspecified atom stereocenters. The lowest BCUT2D eigenvalue weighted by Gasteiger charge is -2.20. The average molecular weight is 269 g/mol. The van der Waals surface area contributed by atoms with E-state index in [1.54, 1.807) is 18.5 Å². The van der Waals surface area contributed by atoms with Crippen LogP contribution in [0, 0.1) is 12.8 Å². The Morgan fingerprint density at radius 1 is 1.25 bits per heavy atom. The molecule has 104 valence electrons. The number of hydrogen-bond donors (Lipinski definition) is 2. The third-order valence-corrected chi connectivity index (χ3v) is 3.41. The number of nitrogens with zero attached hydrogens (tertiary/aromatic N) is 1. The number of carbonyl (C=O) groups excluding carboxylic acids is 1. The van der Waals surface area contributed by atoms with Gasteiger partial charge in [-0.15, -0.1) is 0 Å². The molecular formula is C16H19N3O. The van der Waals surface area contributed by atoms with E-state index in [9.17, 15) is 4.79 Å². The van der Waals surface area contributed by atoms with Crippen LogP contribution in [-0.4, -0.2) is 10.9 Å². The Morgan fingerprint density at radius 2 is 1.95 bits per heavy atom. The molecule has 0 bridgehead atoms. The number of hydrogen-bond acceptors (Lipinski definition) is 3. The van der Waals surface area contributed by atoms with Crippen LogP contribution in [0.1, 0.15) is 24.1 Å². The summed E-state index contributed by atoms with van der Waals surface area (Å²) >= 11 is 0. The molecule has 0 aliphatic rings. The van der Waals surface area contributed by atoms with Gasteiger partial charge in [0.15, 0.2) is 0 Å². The van der Waals surface area contributed by atoms with E-state index in [-0.39, 0.29) is 17.9 Å². The van der Waals surface area contributed by atoms with Gasteiger partial charge in [0.05, 0.1) is 5.92 Å². The monoisotopic (exact) mass is 269 g/mol. The van der Waals surface area contributed by atoms with Crippen molar-refractivity contribution in [1.82, 2.24) is 4.98 Å². The quantitative estimate of drug-likeness (QED) is 0.896. The van der Waals surface area contributed by atoms with Crippen LogP contribution in [-0.2, 0) is 4.79 Å². The summed E-state index contributed by atoms with van der Waals surface area (Å²) in [5.41, 5.74) is 8.82. The van der Waals surface area contributed by atoms with Crippen LogP contribution in [0.2, 0.25) is 0 Å². The molecule has 1 amide bonds. The first kappa shape index (κ1) is 14.2. The number of nitrogens with one attached hydrogen (secondary N) is 1. The van der Waals surface area contributed by atoms with E-state index >= 15 is 0 Å². The molecule has 2 rings (SSSR count). The summed E-state index contributed by atoms with van der Waals surface area (Å²) in [7, 11) is 0. The summed E-state index contributed by atoms with van der Waals surface area (Å²) in [6.07, 6.45) is 3.38. The first-order valence-corrected chi connectivity index (χ1v) is 6.61. The summed E-state index contributed by atoms with van der Waals surface area (Å²) in [5.74, 6) is -0.402. The van der Waals surface area contributed by atoms with Crippen LogP contribution in [0.5, 0.6) is 0 Å². The summed E-state index contributed by atoms with van der Waals surface area (Å²) in [6.45, 7) is 3.74. The van der Waals surface area contributed by atoms with E-state index in [2.05, 4.69) is 10.3 Å². The molecule has 2 atom stereocenters. The second kappa shape index (κ2) is 6.30. The molecule has 4 nitrogen and oxygen atoms in total. The molecule has 0 aliphatic heterocycles. The van der Waals surface area contributed by atoms with Crippen molar-refractivity contribution in [3.05, 3.63) is 59.9 Å². The van der Waals surface area contributed by atoms with Crippen molar-refractivity contribution in [3.8, 4) is 0 Å². The molecule has 3 N–H and O–H groups in total. The number of pyridine rings is 1. The summed E-state index contributed by atoms with van der Waals surface area (Å²) in [4.78, 5) is 16.3. The average Bonchev–Trinajstić information content (AvgIpc) is 2.49. The first-order chi connectivity index (χ1) is 9.59. The van der Waals surface area contributed by atoms with Crippen molar-refractivity contribution >= 4 is 11.6 Å². The molecule has 0 spiro atoms. The number of anilines is 1. The molecule has 1 aromatic carbocycles. The minimum atomic E-state index is -0.321. The van der Waals surface area contributed by atoms with Gasteiger partial charge in [-0.3, -0.25) is 9.78 Å². The fourth-order valence-electron chi connectivity index (χ4n) is 1.99. The summed E-state index contributed by atoms with van der Waals surface area (Å²) in [5, 5.41) is 2.90. The Bertz CT molecular complexity index is 583. The van der Waals surface area contributed by atoms with Crippen molar-refractivity contribution in [2.75, 3.05) is 5.32 Å². The zero-order chi connectivity index (χ0) is 14.5. The largest absolute Gasteiger partial charge is 0.325 e. The van der Waals surface area contributed by atoms with Gasteiger partial charge in [0, 0.05) is 24.1 Å². The van der Waals surface area contributed by atoms with E-state index in [1.165, 1.54) is 0 Å². The smallest absolute Gasteiger partial charge is 0.229 e. The molecule has 0 aliphatic carbocycles. The van der Waals surface area contributed by atoms with E-state index in [0.717, 1.165) is 16.8 Å². The maximum Gasteiger partial charge on any atom is 0.229 e. The van der Waals surface area contributed by atoms with Gasteiger partial charge in [-0.25, -0.2) is 0 Å². The van der Waals surface area contributed by atoms with Gasteiger partial charge in [-0.1, -0.05) is 37.3 Å². The Kier molecular flexibility index (Phi) is 4.48. The Balaban J connectivity index is 2.08. The van der Waals surface area contributed by atoms with Gasteiger partial charge in [0.2, 0.25) is 5.91 Å². The highest BCUT2D eigenvalue weighted by molar-refractivity contribution is 5.93. The van der Waals surface area contributed by atoms with Gasteiger partial charge in [0.25, 0.3) is 0 Å². The SMILES string of the molecule is Cc1cnccc1NC(=O)C(C)C(N)c1ccccc1. The summed E-state index contributed by atoms with van der Waals surface area (Å²) in [6, 6.07) is 11.1. The zero-order valence-corrected chi connectivity index (χ0v) is 11.7. The van der Waals surface area contributed by atoms with Gasteiger partial charge in [-0.05, 0) is 24.1 Å². The molecule has 0 fully saturated rings. The molecule has 20 heavy (non-hydrogen) atoms. The van der Waals surface area contributed by atoms with E-state index < -0.39 is 0 Å². The van der Waals surface area contributed by atoms with Crippen LogP contribution < -0.4 is 11.1 Å². The number of aryl methyl sites for hydroxylation is 1. The van der Waals surface area contributed by atoms with E-state index in [0.29, 0.717) is 0 Å². The summed E-state index contributed by atoms with van der Waals surface area (Å²) < 4.78 is 0. The molecule has 0 saturated heterocycles. The maximum absolute atomic E-state index is 12.3. The molecule has 1 heterocycles. The van der Waals surface area contributed by atoms with Crippen molar-refractivity contribution in [3.63, 3.8) is 0 Å². The highest BCUT2D eigenvalue weighted by Crippen LogP contribution is 2.21. The van der Waals surface area contributed by atoms with Crippen molar-refractivity contribution in [2.24, 2.45) is 11.7 Å². The fourth-order valence-corrected chi connectivity index (χ4v) is 1.99. The zero-order valence-electron chi connectivity index (χ0n) is 11.7. The lowest BCUT2D eigenvalue weighted by molar-refractivity contribution is -0.120. The number of nitrogens with two attached hydrogens (primary N) is 1. The van der Waals surface area contributed by atoms with Gasteiger partial charge in [-0.2, -0.15) is 0 Å². The topological polar surface area (TPSA) is 68.0 Å². The second-order valence-electron chi connectivity index (χ2n) is 4.90. The Labute approximate surface area is 119 Å². The van der Waals surface area contributed by atoms with Gasteiger partial charge < -0.3 is 11.1 Å². The Morgan fingerprint density at radius 3 is 2.60 bits per heavy atom. The molecule has 1 aromatic heterocycles. The van der Waals surface area contributed by atoms with Crippen LogP contribution >= 0.6 is 0 Å². The van der Waals surface area contributed by atoms with E-state index in [4.69, 9.17) is 5.73 Å². The van der Waals surface area contributed by atoms with Crippen molar-refractivity contribution in [1.29, 1.82) is 0 Å². The number of carbonyl (C=O) groups is 1. The fraction of sp³-hybridized carbons (Fsp3) is 0.250. The molecule has 2 aromatic rings. The van der Waals surface area contributed by atoms with Crippen LogP contribution in [0.15, 0.2) is 48.8 Å². The number of aromatic nitrogens is 1. The van der Waals surface area contributed by atoms with Crippen LogP contribution in [0.25, 0.3) is 0 Å². The minimum Gasteiger partial charge on any atom is -0.325 e. The number of amides is 1. The Hall–Kier alpha value is -2.20. The maximum atomic E-state index is 12.3. The van der Waals surface area contributed by atoms with Crippen molar-refractivity contribution < 1.29 is 4.79 Å². The molecule has 0 radical (unpaired) electrons. The minimum absolute atomic E-state index is 0.0874. The van der Waals surface area contributed by atoms with Gasteiger partial charge in [0.1, 0.15) is 0 Å². The molecule has 0 saturated carbocycles. The lowest BCUT2D eigenvalue weighted by Crippen LogP contribution is -2.30. The van der Waals surface area contributed by atoms with E-state index in [1.807, 2.05) is 44.2 Å². The predicted molar refractivity (Wildman–Crippen MR) is 80.1 cm³/mol. The lowest BCUT2D eigenvalue weighted by atomic mass is 9.94. The highest BCUT2D eigenvalue weighted by Gasteiger charge is 2.22. The number of benzene rings is 1. The van der Waals surface area contributed by atoms with Gasteiger partial charge >= 0.3 is 0 Å². The van der Waals surface area contributed by atoms with Crippen LogP contribution in [0.3, 0.4) is 0 Å². The predicted octanol–water partition coefficient (Wildman–Crippen LogP) is 2.66. The number of rotatable bonds is 4.